The van der Waals surface area contributed by atoms with Gasteiger partial charge in [0.25, 0.3) is 0 Å². The van der Waals surface area contributed by atoms with Crippen LogP contribution in [0.2, 0.25) is 0 Å². The summed E-state index contributed by atoms with van der Waals surface area (Å²) in [5.74, 6) is -10.6. The zero-order chi connectivity index (χ0) is 24.6. The van der Waals surface area contributed by atoms with Crippen molar-refractivity contribution in [2.24, 2.45) is 5.92 Å². The highest BCUT2D eigenvalue weighted by atomic mass is 19.2. The van der Waals surface area contributed by atoms with Crippen molar-refractivity contribution < 1.29 is 41.3 Å². The topological polar surface area (TPSA) is 49.7 Å². The van der Waals surface area contributed by atoms with Gasteiger partial charge in [-0.2, -0.15) is 13.2 Å². The molecule has 0 heterocycles. The van der Waals surface area contributed by atoms with Gasteiger partial charge in [-0.1, -0.05) is 6.07 Å². The van der Waals surface area contributed by atoms with Crippen molar-refractivity contribution in [1.29, 1.82) is 0 Å². The molecule has 3 aromatic carbocycles. The molecule has 4 rings (SSSR count). The van der Waals surface area contributed by atoms with Crippen LogP contribution in [0.3, 0.4) is 0 Å². The molecule has 9 heteroatoms. The first kappa shape index (κ1) is 23.8. The van der Waals surface area contributed by atoms with Crippen LogP contribution in [-0.2, 0) is 0 Å². The molecular formula is C25H20F6O3. The van der Waals surface area contributed by atoms with Crippen LogP contribution in [-0.4, -0.2) is 16.8 Å². The minimum Gasteiger partial charge on any atom is -0.505 e. The molecule has 1 aliphatic carbocycles. The molecule has 0 bridgehead atoms. The molecule has 1 aliphatic rings. The lowest BCUT2D eigenvalue weighted by Crippen LogP contribution is -2.20. The first-order valence-corrected chi connectivity index (χ1v) is 10.6. The maximum atomic E-state index is 14.6. The van der Waals surface area contributed by atoms with Gasteiger partial charge >= 0.3 is 0 Å². The fraction of sp³-hybridized carbons (Fsp3) is 0.280. The number of phenols is 2. The standard InChI is InChI=1S/C25H20F6O3/c26-20-14(5-8-17(32)23(20)29)13-3-1-12(2-4-13)11-34-19-10-7-16(22(28)25(19)31)15-6-9-18(33)24(30)21(15)27/h5-10,12-13,32-33H,1-4,11H2. The number of benzene rings is 3. The van der Waals surface area contributed by atoms with E-state index in [1.165, 1.54) is 6.07 Å². The van der Waals surface area contributed by atoms with Crippen LogP contribution >= 0.6 is 0 Å². The number of halogens is 6. The van der Waals surface area contributed by atoms with Crippen LogP contribution in [0.4, 0.5) is 26.3 Å². The Labute approximate surface area is 191 Å². The maximum Gasteiger partial charge on any atom is 0.201 e. The number of aromatic hydroxyl groups is 2. The summed E-state index contributed by atoms with van der Waals surface area (Å²) in [6.45, 7) is 0.0526. The van der Waals surface area contributed by atoms with Gasteiger partial charge in [-0.25, -0.2) is 13.2 Å². The molecule has 3 nitrogen and oxygen atoms in total. The quantitative estimate of drug-likeness (QED) is 0.387. The van der Waals surface area contributed by atoms with Gasteiger partial charge < -0.3 is 14.9 Å². The molecule has 0 atom stereocenters. The molecule has 0 unspecified atom stereocenters. The van der Waals surface area contributed by atoms with E-state index in [-0.39, 0.29) is 24.0 Å². The molecular weight excluding hydrogens is 462 g/mol. The van der Waals surface area contributed by atoms with E-state index in [1.54, 1.807) is 0 Å². The highest BCUT2D eigenvalue weighted by molar-refractivity contribution is 5.67. The Hall–Kier alpha value is -3.36. The third-order valence-electron chi connectivity index (χ3n) is 6.25. The Morgan fingerprint density at radius 2 is 1.15 bits per heavy atom. The zero-order valence-electron chi connectivity index (χ0n) is 17.7. The summed E-state index contributed by atoms with van der Waals surface area (Å²) in [6, 6.07) is 6.41. The molecule has 0 radical (unpaired) electrons. The van der Waals surface area contributed by atoms with Crippen molar-refractivity contribution in [3.8, 4) is 28.4 Å². The Morgan fingerprint density at radius 3 is 1.79 bits per heavy atom. The summed E-state index contributed by atoms with van der Waals surface area (Å²) < 4.78 is 90.0. The van der Waals surface area contributed by atoms with Gasteiger partial charge in [0, 0.05) is 11.1 Å². The number of hydrogen-bond donors (Lipinski definition) is 2. The van der Waals surface area contributed by atoms with Gasteiger partial charge in [0.15, 0.2) is 34.7 Å². The summed E-state index contributed by atoms with van der Waals surface area (Å²) in [5.41, 5.74) is -0.879. The molecule has 0 spiro atoms. The van der Waals surface area contributed by atoms with Crippen molar-refractivity contribution >= 4 is 0 Å². The summed E-state index contributed by atoms with van der Waals surface area (Å²) in [5, 5.41) is 18.5. The van der Waals surface area contributed by atoms with Gasteiger partial charge in [0.05, 0.1) is 6.61 Å². The van der Waals surface area contributed by atoms with E-state index in [0.29, 0.717) is 25.7 Å². The summed E-state index contributed by atoms with van der Waals surface area (Å²) in [7, 11) is 0. The maximum absolute atomic E-state index is 14.6. The second-order valence-electron chi connectivity index (χ2n) is 8.33. The molecule has 34 heavy (non-hydrogen) atoms. The van der Waals surface area contributed by atoms with Crippen molar-refractivity contribution in [3.05, 3.63) is 76.9 Å². The van der Waals surface area contributed by atoms with Gasteiger partial charge in [0.2, 0.25) is 17.5 Å². The SMILES string of the molecule is Oc1ccc(-c2ccc(OCC3CCC(c4ccc(O)c(F)c4F)CC3)c(F)c2F)c(F)c1F. The Bertz CT molecular complexity index is 1220. The predicted molar refractivity (Wildman–Crippen MR) is 112 cm³/mol. The van der Waals surface area contributed by atoms with Crippen LogP contribution in [0.1, 0.15) is 37.2 Å². The lowest BCUT2D eigenvalue weighted by molar-refractivity contribution is 0.191. The van der Waals surface area contributed by atoms with E-state index in [4.69, 9.17) is 4.74 Å². The first-order valence-electron chi connectivity index (χ1n) is 10.6. The van der Waals surface area contributed by atoms with E-state index in [9.17, 15) is 36.6 Å². The predicted octanol–water partition coefficient (Wildman–Crippen LogP) is 6.95. The minimum atomic E-state index is -1.57. The smallest absolute Gasteiger partial charge is 0.201 e. The monoisotopic (exact) mass is 482 g/mol. The van der Waals surface area contributed by atoms with Gasteiger partial charge in [0.1, 0.15) is 0 Å². The van der Waals surface area contributed by atoms with E-state index >= 15 is 0 Å². The molecule has 0 aromatic heterocycles. The van der Waals surface area contributed by atoms with Crippen LogP contribution in [0.25, 0.3) is 11.1 Å². The Morgan fingerprint density at radius 1 is 0.618 bits per heavy atom. The van der Waals surface area contributed by atoms with Crippen molar-refractivity contribution in [2.45, 2.75) is 31.6 Å². The number of ether oxygens (including phenoxy) is 1. The Balaban J connectivity index is 1.41. The van der Waals surface area contributed by atoms with Crippen LogP contribution in [0.5, 0.6) is 17.2 Å². The van der Waals surface area contributed by atoms with Crippen molar-refractivity contribution in [3.63, 3.8) is 0 Å². The fourth-order valence-electron chi connectivity index (χ4n) is 4.32. The van der Waals surface area contributed by atoms with Gasteiger partial charge in [-0.15, -0.1) is 0 Å². The molecule has 180 valence electrons. The van der Waals surface area contributed by atoms with E-state index < -0.39 is 63.3 Å². The highest BCUT2D eigenvalue weighted by Crippen LogP contribution is 2.39. The molecule has 0 aliphatic heterocycles. The lowest BCUT2D eigenvalue weighted by Gasteiger charge is -2.29. The molecule has 0 amide bonds. The largest absolute Gasteiger partial charge is 0.505 e. The summed E-state index contributed by atoms with van der Waals surface area (Å²) >= 11 is 0. The molecule has 0 saturated heterocycles. The van der Waals surface area contributed by atoms with Gasteiger partial charge in [-0.05, 0) is 73.4 Å². The van der Waals surface area contributed by atoms with Crippen molar-refractivity contribution in [1.82, 2.24) is 0 Å². The lowest BCUT2D eigenvalue weighted by atomic mass is 9.79. The average Bonchev–Trinajstić information content (AvgIpc) is 2.83. The van der Waals surface area contributed by atoms with Crippen LogP contribution < -0.4 is 4.74 Å². The normalized spacial score (nSPS) is 18.2. The average molecular weight is 482 g/mol. The summed E-state index contributed by atoms with van der Waals surface area (Å²) in [6.07, 6.45) is 2.20. The zero-order valence-corrected chi connectivity index (χ0v) is 17.7. The summed E-state index contributed by atoms with van der Waals surface area (Å²) in [4.78, 5) is 0. The molecule has 1 fully saturated rings. The van der Waals surface area contributed by atoms with E-state index in [2.05, 4.69) is 0 Å². The highest BCUT2D eigenvalue weighted by Gasteiger charge is 2.27. The van der Waals surface area contributed by atoms with E-state index in [1.807, 2.05) is 0 Å². The van der Waals surface area contributed by atoms with Gasteiger partial charge in [-0.3, -0.25) is 0 Å². The number of phenolic OH excluding ortho intramolecular Hbond substituents is 2. The number of hydrogen-bond acceptors (Lipinski definition) is 3. The van der Waals surface area contributed by atoms with Crippen LogP contribution in [0.15, 0.2) is 36.4 Å². The third kappa shape index (κ3) is 4.38. The molecule has 3 aromatic rings. The van der Waals surface area contributed by atoms with Crippen molar-refractivity contribution in [2.75, 3.05) is 6.61 Å². The van der Waals surface area contributed by atoms with Crippen LogP contribution in [0, 0.1) is 40.8 Å². The fourth-order valence-corrected chi connectivity index (χ4v) is 4.32. The first-order chi connectivity index (χ1) is 16.2. The molecule has 2 N–H and O–H groups in total. The third-order valence-corrected chi connectivity index (χ3v) is 6.25. The number of rotatable bonds is 5. The Kier molecular flexibility index (Phi) is 6.63. The van der Waals surface area contributed by atoms with E-state index in [0.717, 1.165) is 30.3 Å². The molecule has 1 saturated carbocycles. The second kappa shape index (κ2) is 9.48. The second-order valence-corrected chi connectivity index (χ2v) is 8.33. The minimum absolute atomic E-state index is 0.0351.